The second-order valence-corrected chi connectivity index (χ2v) is 13.1. The molecule has 2 aliphatic rings. The first-order valence-corrected chi connectivity index (χ1v) is 12.7. The summed E-state index contributed by atoms with van der Waals surface area (Å²) in [4.78, 5) is 5.47. The molecule has 0 amide bonds. The van der Waals surface area contributed by atoms with Crippen LogP contribution in [-0.2, 0) is 4.74 Å². The van der Waals surface area contributed by atoms with Crippen molar-refractivity contribution in [3.8, 4) is 0 Å². The first-order chi connectivity index (χ1) is 13.6. The summed E-state index contributed by atoms with van der Waals surface area (Å²) in [5.41, 5.74) is 0.585. The van der Waals surface area contributed by atoms with Crippen molar-refractivity contribution in [2.24, 2.45) is 23.2 Å². The Labute approximate surface area is 189 Å². The lowest BCUT2D eigenvalue weighted by Gasteiger charge is -2.53. The van der Waals surface area contributed by atoms with E-state index in [0.717, 1.165) is 17.8 Å². The average molecular weight is 423 g/mol. The zero-order valence-corrected chi connectivity index (χ0v) is 22.4. The Kier molecular flexibility index (Phi) is 8.19. The Morgan fingerprint density at radius 3 is 1.67 bits per heavy atom. The van der Waals surface area contributed by atoms with Gasteiger partial charge >= 0.3 is 0 Å². The van der Waals surface area contributed by atoms with E-state index in [0.29, 0.717) is 11.0 Å². The highest BCUT2D eigenvalue weighted by atomic mass is 16.5. The maximum absolute atomic E-state index is 5.86. The summed E-state index contributed by atoms with van der Waals surface area (Å²) in [7, 11) is 1.85. The minimum Gasteiger partial charge on any atom is -0.377 e. The van der Waals surface area contributed by atoms with Gasteiger partial charge in [-0.05, 0) is 123 Å². The van der Waals surface area contributed by atoms with Gasteiger partial charge in [0.1, 0.15) is 0 Å². The van der Waals surface area contributed by atoms with Gasteiger partial charge in [-0.15, -0.1) is 0 Å². The maximum atomic E-state index is 5.86. The van der Waals surface area contributed by atoms with Crippen molar-refractivity contribution >= 4 is 0 Å². The Balaban J connectivity index is 1.95. The van der Waals surface area contributed by atoms with Crippen molar-refractivity contribution < 1.29 is 4.74 Å². The van der Waals surface area contributed by atoms with Gasteiger partial charge in [-0.1, -0.05) is 27.7 Å². The Bertz CT molecular complexity index is 533. The molecular formula is C27H54N2O. The lowest BCUT2D eigenvalue weighted by Crippen LogP contribution is -2.61. The van der Waals surface area contributed by atoms with E-state index in [-0.39, 0.29) is 11.1 Å². The summed E-state index contributed by atoms with van der Waals surface area (Å²) in [5, 5.41) is 0. The van der Waals surface area contributed by atoms with Gasteiger partial charge in [0.2, 0.25) is 0 Å². The highest BCUT2D eigenvalue weighted by Crippen LogP contribution is 2.45. The Morgan fingerprint density at radius 1 is 0.767 bits per heavy atom. The van der Waals surface area contributed by atoms with Crippen molar-refractivity contribution in [1.29, 1.82) is 0 Å². The van der Waals surface area contributed by atoms with Crippen LogP contribution in [0.5, 0.6) is 0 Å². The molecule has 0 bridgehead atoms. The minimum absolute atomic E-state index is 0.0525. The molecule has 2 rings (SSSR count). The molecule has 0 aromatic heterocycles. The number of hydrogen-bond acceptors (Lipinski definition) is 3. The quantitative estimate of drug-likeness (QED) is 0.446. The van der Waals surface area contributed by atoms with Crippen LogP contribution in [0.2, 0.25) is 0 Å². The zero-order valence-electron chi connectivity index (χ0n) is 22.4. The summed E-state index contributed by atoms with van der Waals surface area (Å²) in [6, 6.07) is 0. The molecule has 2 aliphatic heterocycles. The molecule has 0 radical (unpaired) electrons. The van der Waals surface area contributed by atoms with Crippen LogP contribution in [0.25, 0.3) is 0 Å². The zero-order chi connectivity index (χ0) is 23.0. The summed E-state index contributed by atoms with van der Waals surface area (Å²) >= 11 is 0. The largest absolute Gasteiger partial charge is 0.377 e. The van der Waals surface area contributed by atoms with Gasteiger partial charge in [-0.25, -0.2) is 0 Å². The summed E-state index contributed by atoms with van der Waals surface area (Å²) in [6.45, 7) is 29.0. The van der Waals surface area contributed by atoms with Gasteiger partial charge < -0.3 is 4.74 Å². The third-order valence-corrected chi connectivity index (χ3v) is 9.60. The molecule has 2 heterocycles. The molecule has 30 heavy (non-hydrogen) atoms. The van der Waals surface area contributed by atoms with Crippen LogP contribution in [0.3, 0.4) is 0 Å². The number of likely N-dealkylation sites (tertiary alicyclic amines) is 2. The molecule has 0 N–H and O–H groups in total. The summed E-state index contributed by atoms with van der Waals surface area (Å²) in [6.07, 6.45) is 6.67. The summed E-state index contributed by atoms with van der Waals surface area (Å²) < 4.78 is 5.86. The molecule has 3 nitrogen and oxygen atoms in total. The number of rotatable bonds is 8. The second kappa shape index (κ2) is 9.40. The van der Waals surface area contributed by atoms with E-state index >= 15 is 0 Å². The Hall–Kier alpha value is -0.120. The first kappa shape index (κ1) is 26.1. The maximum Gasteiger partial charge on any atom is 0.0800 e. The lowest BCUT2D eigenvalue weighted by molar-refractivity contribution is -0.111. The molecule has 0 spiro atoms. The fraction of sp³-hybridized carbons (Fsp3) is 1.00. The molecular weight excluding hydrogens is 368 g/mol. The van der Waals surface area contributed by atoms with Crippen molar-refractivity contribution in [3.05, 3.63) is 0 Å². The van der Waals surface area contributed by atoms with Crippen LogP contribution in [-0.4, -0.2) is 59.8 Å². The summed E-state index contributed by atoms with van der Waals surface area (Å²) in [5.74, 6) is 2.57. The van der Waals surface area contributed by atoms with E-state index in [2.05, 4.69) is 79.0 Å². The predicted molar refractivity (Wildman–Crippen MR) is 131 cm³/mol. The van der Waals surface area contributed by atoms with Gasteiger partial charge in [-0.2, -0.15) is 0 Å². The number of ether oxygens (including phenoxy) is 1. The van der Waals surface area contributed by atoms with Crippen LogP contribution in [0.4, 0.5) is 0 Å². The number of piperidine rings is 2. The van der Waals surface area contributed by atoms with E-state index in [1.54, 1.807) is 0 Å². The van der Waals surface area contributed by atoms with Crippen LogP contribution >= 0.6 is 0 Å². The van der Waals surface area contributed by atoms with Crippen LogP contribution in [0.15, 0.2) is 0 Å². The smallest absolute Gasteiger partial charge is 0.0800 e. The van der Waals surface area contributed by atoms with Crippen molar-refractivity contribution in [2.75, 3.05) is 33.3 Å². The predicted octanol–water partition coefficient (Wildman–Crippen LogP) is 6.46. The van der Waals surface area contributed by atoms with Crippen molar-refractivity contribution in [1.82, 2.24) is 9.80 Å². The SMILES string of the molecule is COC(C)(C)C(C)(C)N1CCC(C(C)(C)CC(C)(C)N2CCC(C(C)C)CC2)CC1. The number of nitrogens with zero attached hydrogens (tertiary/aromatic N) is 2. The second-order valence-electron chi connectivity index (χ2n) is 13.1. The topological polar surface area (TPSA) is 15.7 Å². The van der Waals surface area contributed by atoms with Crippen molar-refractivity contribution in [3.63, 3.8) is 0 Å². The fourth-order valence-electron chi connectivity index (χ4n) is 6.39. The van der Waals surface area contributed by atoms with E-state index < -0.39 is 0 Å². The molecule has 3 heteroatoms. The first-order valence-electron chi connectivity index (χ1n) is 12.7. The number of hydrogen-bond donors (Lipinski definition) is 0. The molecule has 2 saturated heterocycles. The molecule has 0 aromatic rings. The number of methoxy groups -OCH3 is 1. The van der Waals surface area contributed by atoms with Crippen LogP contribution in [0.1, 0.15) is 101 Å². The molecule has 0 saturated carbocycles. The normalized spacial score (nSPS) is 22.8. The lowest BCUT2D eigenvalue weighted by atomic mass is 9.66. The van der Waals surface area contributed by atoms with Gasteiger partial charge in [0.25, 0.3) is 0 Å². The molecule has 0 aromatic carbocycles. The third-order valence-electron chi connectivity index (χ3n) is 9.60. The van der Waals surface area contributed by atoms with Crippen LogP contribution in [0, 0.1) is 23.2 Å². The molecule has 0 atom stereocenters. The molecule has 2 fully saturated rings. The third kappa shape index (κ3) is 5.62. The van der Waals surface area contributed by atoms with E-state index in [1.807, 2.05) is 7.11 Å². The fourth-order valence-corrected chi connectivity index (χ4v) is 6.39. The monoisotopic (exact) mass is 422 g/mol. The minimum atomic E-state index is -0.139. The van der Waals surface area contributed by atoms with E-state index in [9.17, 15) is 0 Å². The van der Waals surface area contributed by atoms with Gasteiger partial charge in [0.05, 0.1) is 5.60 Å². The average Bonchev–Trinajstić information content (AvgIpc) is 2.67. The molecule has 0 unspecified atom stereocenters. The molecule has 178 valence electrons. The standard InChI is InChI=1S/C27H54N2O/c1-21(2)22-12-16-28(17-13-22)25(5,6)20-24(3,4)23-14-18-29(19-15-23)26(7,8)27(9,10)30-11/h21-23H,12-20H2,1-11H3. The van der Waals surface area contributed by atoms with Crippen molar-refractivity contribution in [2.45, 2.75) is 118 Å². The van der Waals surface area contributed by atoms with Gasteiger partial charge in [-0.3, -0.25) is 9.80 Å². The van der Waals surface area contributed by atoms with Crippen LogP contribution < -0.4 is 0 Å². The van der Waals surface area contributed by atoms with Gasteiger partial charge in [0.15, 0.2) is 0 Å². The van der Waals surface area contributed by atoms with E-state index in [4.69, 9.17) is 4.74 Å². The molecule has 0 aliphatic carbocycles. The highest BCUT2D eigenvalue weighted by molar-refractivity contribution is 5.00. The Morgan fingerprint density at radius 2 is 1.23 bits per heavy atom. The highest BCUT2D eigenvalue weighted by Gasteiger charge is 2.46. The van der Waals surface area contributed by atoms with E-state index in [1.165, 1.54) is 58.3 Å². The van der Waals surface area contributed by atoms with Gasteiger partial charge in [0, 0.05) is 18.2 Å².